The molecule has 0 saturated carbocycles. The standard InChI is InChI=1S/C21H20N4S/c1-2-3-19-22-7-8-25(19)12-14-4-5-17-16(10-14)11-18-20(23-24-21(17)18)15-6-9-26-13-15/h4-10,13H,2-3,11-12H2,1H3,(H,23,24). The Balaban J connectivity index is 1.45. The van der Waals surface area contributed by atoms with Gasteiger partial charge in [-0.2, -0.15) is 16.4 Å². The summed E-state index contributed by atoms with van der Waals surface area (Å²) in [5.41, 5.74) is 8.82. The predicted molar refractivity (Wildman–Crippen MR) is 105 cm³/mol. The number of H-pyrrole nitrogens is 1. The van der Waals surface area contributed by atoms with Crippen LogP contribution in [0.2, 0.25) is 0 Å². The van der Waals surface area contributed by atoms with Crippen LogP contribution in [0, 0.1) is 0 Å². The molecule has 1 aliphatic rings. The molecular formula is C21H20N4S. The Morgan fingerprint density at radius 2 is 2.23 bits per heavy atom. The molecule has 0 aliphatic heterocycles. The first-order valence-corrected chi connectivity index (χ1v) is 9.99. The summed E-state index contributed by atoms with van der Waals surface area (Å²) in [6.45, 7) is 3.08. The molecule has 26 heavy (non-hydrogen) atoms. The second-order valence-corrected chi connectivity index (χ2v) is 7.61. The number of rotatable bonds is 5. The van der Waals surface area contributed by atoms with Crippen LogP contribution >= 0.6 is 11.3 Å². The van der Waals surface area contributed by atoms with E-state index in [4.69, 9.17) is 0 Å². The number of imidazole rings is 1. The number of nitrogens with one attached hydrogen (secondary N) is 1. The topological polar surface area (TPSA) is 46.5 Å². The van der Waals surface area contributed by atoms with Crippen molar-refractivity contribution in [2.45, 2.75) is 32.7 Å². The van der Waals surface area contributed by atoms with E-state index in [1.165, 1.54) is 39.3 Å². The van der Waals surface area contributed by atoms with Crippen LogP contribution in [0.25, 0.3) is 22.5 Å². The predicted octanol–water partition coefficient (Wildman–Crippen LogP) is 4.91. The molecule has 0 saturated heterocycles. The SMILES string of the molecule is CCCc1nccn1Cc1ccc2c(c1)Cc1c(-c3ccsc3)n[nH]c1-2. The Morgan fingerprint density at radius 1 is 1.27 bits per heavy atom. The van der Waals surface area contributed by atoms with Crippen LogP contribution < -0.4 is 0 Å². The molecule has 0 unspecified atom stereocenters. The number of nitrogens with zero attached hydrogens (tertiary/aromatic N) is 3. The van der Waals surface area contributed by atoms with Crippen LogP contribution in [0.5, 0.6) is 0 Å². The lowest BCUT2D eigenvalue weighted by molar-refractivity contribution is 0.705. The Morgan fingerprint density at radius 3 is 3.08 bits per heavy atom. The van der Waals surface area contributed by atoms with Crippen molar-refractivity contribution < 1.29 is 0 Å². The van der Waals surface area contributed by atoms with Gasteiger partial charge in [-0.15, -0.1) is 0 Å². The Hall–Kier alpha value is -2.66. The number of thiophene rings is 1. The highest BCUT2D eigenvalue weighted by molar-refractivity contribution is 7.08. The van der Waals surface area contributed by atoms with Gasteiger partial charge in [-0.05, 0) is 29.0 Å². The quantitative estimate of drug-likeness (QED) is 0.484. The van der Waals surface area contributed by atoms with Gasteiger partial charge in [0.1, 0.15) is 5.82 Å². The number of aromatic nitrogens is 4. The van der Waals surface area contributed by atoms with Gasteiger partial charge < -0.3 is 4.57 Å². The zero-order valence-electron chi connectivity index (χ0n) is 14.7. The lowest BCUT2D eigenvalue weighted by atomic mass is 10.0. The third-order valence-corrected chi connectivity index (χ3v) is 5.78. The van der Waals surface area contributed by atoms with Crippen LogP contribution in [0.4, 0.5) is 0 Å². The minimum Gasteiger partial charge on any atom is -0.331 e. The molecule has 0 fully saturated rings. The van der Waals surface area contributed by atoms with Crippen molar-refractivity contribution in [2.75, 3.05) is 0 Å². The zero-order chi connectivity index (χ0) is 17.5. The van der Waals surface area contributed by atoms with E-state index in [9.17, 15) is 0 Å². The summed E-state index contributed by atoms with van der Waals surface area (Å²) in [7, 11) is 0. The van der Waals surface area contributed by atoms with Crippen molar-refractivity contribution in [3.63, 3.8) is 0 Å². The number of aryl methyl sites for hydroxylation is 1. The lowest BCUT2D eigenvalue weighted by Crippen LogP contribution is -2.04. The molecule has 4 nitrogen and oxygen atoms in total. The first-order valence-electron chi connectivity index (χ1n) is 9.05. The first-order chi connectivity index (χ1) is 12.8. The van der Waals surface area contributed by atoms with E-state index in [1.807, 2.05) is 6.20 Å². The molecule has 0 atom stereocenters. The number of fused-ring (bicyclic) bond motifs is 3. The third-order valence-electron chi connectivity index (χ3n) is 5.10. The fourth-order valence-electron chi connectivity index (χ4n) is 3.86. The minimum absolute atomic E-state index is 0.881. The van der Waals surface area contributed by atoms with Gasteiger partial charge in [0.25, 0.3) is 0 Å². The van der Waals surface area contributed by atoms with E-state index in [0.29, 0.717) is 0 Å². The maximum Gasteiger partial charge on any atom is 0.108 e. The number of hydrogen-bond acceptors (Lipinski definition) is 3. The zero-order valence-corrected chi connectivity index (χ0v) is 15.5. The van der Waals surface area contributed by atoms with Crippen LogP contribution in [-0.4, -0.2) is 19.7 Å². The summed E-state index contributed by atoms with van der Waals surface area (Å²) in [4.78, 5) is 4.49. The summed E-state index contributed by atoms with van der Waals surface area (Å²) in [5.74, 6) is 1.17. The van der Waals surface area contributed by atoms with Gasteiger partial charge in [-0.3, -0.25) is 5.10 Å². The normalized spacial score (nSPS) is 12.3. The molecule has 0 spiro atoms. The van der Waals surface area contributed by atoms with Gasteiger partial charge in [0, 0.05) is 53.9 Å². The van der Waals surface area contributed by atoms with Crippen LogP contribution in [0.3, 0.4) is 0 Å². The molecule has 5 heteroatoms. The second kappa shape index (κ2) is 6.25. The second-order valence-electron chi connectivity index (χ2n) is 6.83. The van der Waals surface area contributed by atoms with E-state index >= 15 is 0 Å². The van der Waals surface area contributed by atoms with Gasteiger partial charge in [0.2, 0.25) is 0 Å². The summed E-state index contributed by atoms with van der Waals surface area (Å²) in [6, 6.07) is 8.96. The lowest BCUT2D eigenvalue weighted by Gasteiger charge is -2.09. The largest absolute Gasteiger partial charge is 0.331 e. The molecule has 3 aromatic heterocycles. The minimum atomic E-state index is 0.881. The first kappa shape index (κ1) is 15.6. The van der Waals surface area contributed by atoms with Gasteiger partial charge in [-0.25, -0.2) is 4.98 Å². The average molecular weight is 360 g/mol. The molecule has 0 bridgehead atoms. The maximum atomic E-state index is 4.56. The Bertz CT molecular complexity index is 1060. The third kappa shape index (κ3) is 2.51. The van der Waals surface area contributed by atoms with Crippen molar-refractivity contribution in [1.29, 1.82) is 0 Å². The highest BCUT2D eigenvalue weighted by Gasteiger charge is 2.25. The molecule has 0 amide bonds. The number of benzene rings is 1. The molecule has 0 radical (unpaired) electrons. The van der Waals surface area contributed by atoms with Gasteiger partial charge in [-0.1, -0.05) is 25.1 Å². The molecular weight excluding hydrogens is 340 g/mol. The van der Waals surface area contributed by atoms with E-state index in [2.05, 4.69) is 67.9 Å². The summed E-state index contributed by atoms with van der Waals surface area (Å²) in [5, 5.41) is 12.1. The highest BCUT2D eigenvalue weighted by atomic mass is 32.1. The Labute approximate surface area is 156 Å². The molecule has 4 aromatic rings. The monoisotopic (exact) mass is 360 g/mol. The number of hydrogen-bond donors (Lipinski definition) is 1. The maximum absolute atomic E-state index is 4.56. The van der Waals surface area contributed by atoms with Gasteiger partial charge in [0.15, 0.2) is 0 Å². The fourth-order valence-corrected chi connectivity index (χ4v) is 4.50. The summed E-state index contributed by atoms with van der Waals surface area (Å²) < 4.78 is 2.26. The molecule has 3 heterocycles. The highest BCUT2D eigenvalue weighted by Crippen LogP contribution is 2.40. The van der Waals surface area contributed by atoms with E-state index in [-0.39, 0.29) is 0 Å². The average Bonchev–Trinajstić information content (AvgIpc) is 3.39. The summed E-state index contributed by atoms with van der Waals surface area (Å²) in [6.07, 6.45) is 7.08. The number of aromatic amines is 1. The molecule has 1 aliphatic carbocycles. The van der Waals surface area contributed by atoms with Crippen LogP contribution in [0.15, 0.2) is 47.4 Å². The molecule has 130 valence electrons. The van der Waals surface area contributed by atoms with Crippen LogP contribution in [0.1, 0.15) is 35.9 Å². The Kier molecular flexibility index (Phi) is 3.75. The molecule has 1 aromatic carbocycles. The fraction of sp³-hybridized carbons (Fsp3) is 0.238. The molecule has 5 rings (SSSR count). The van der Waals surface area contributed by atoms with Crippen LogP contribution in [-0.2, 0) is 19.4 Å². The van der Waals surface area contributed by atoms with E-state index < -0.39 is 0 Å². The van der Waals surface area contributed by atoms with Gasteiger partial charge in [0.05, 0.1) is 11.4 Å². The van der Waals surface area contributed by atoms with E-state index in [0.717, 1.165) is 31.5 Å². The van der Waals surface area contributed by atoms with Crippen molar-refractivity contribution in [3.8, 4) is 22.5 Å². The summed E-state index contributed by atoms with van der Waals surface area (Å²) >= 11 is 1.71. The van der Waals surface area contributed by atoms with Crippen molar-refractivity contribution in [1.82, 2.24) is 19.7 Å². The van der Waals surface area contributed by atoms with Gasteiger partial charge >= 0.3 is 0 Å². The van der Waals surface area contributed by atoms with E-state index in [1.54, 1.807) is 11.3 Å². The smallest absolute Gasteiger partial charge is 0.108 e. The van der Waals surface area contributed by atoms with Crippen molar-refractivity contribution >= 4 is 11.3 Å². The molecule has 1 N–H and O–H groups in total. The van der Waals surface area contributed by atoms with Crippen molar-refractivity contribution in [3.05, 3.63) is 69.9 Å². The van der Waals surface area contributed by atoms with Crippen molar-refractivity contribution in [2.24, 2.45) is 0 Å².